The molecule has 90 valence electrons. The molecule has 1 heterocycles. The Bertz CT molecular complexity index is 563. The first kappa shape index (κ1) is 12.3. The number of halogens is 2. The monoisotopic (exact) mass is 271 g/mol. The number of rotatable bonds is 3. The van der Waals surface area contributed by atoms with Crippen molar-refractivity contribution in [3.63, 3.8) is 0 Å². The number of nitrogens with one attached hydrogen (secondary N) is 1. The number of hydrogen-bond acceptors (Lipinski definition) is 2. The molecule has 0 fully saturated rings. The van der Waals surface area contributed by atoms with E-state index in [4.69, 9.17) is 23.2 Å². The first-order valence-corrected chi connectivity index (χ1v) is 5.90. The molecule has 0 amide bonds. The number of aromatic amines is 1. The maximum absolute atomic E-state index is 11.0. The minimum atomic E-state index is -0.229. The molecule has 0 bridgehead atoms. The number of H-pyrrole nitrogens is 1. The standard InChI is InChI=1S/C12H11Cl2NO2/c1-17-11(16)5-2-7-6-8-10(15-7)4-3-9(13)12(8)14/h3-4,6,15H,2,5H2,1H3. The largest absolute Gasteiger partial charge is 0.469 e. The van der Waals surface area contributed by atoms with Gasteiger partial charge in [-0.05, 0) is 24.6 Å². The van der Waals surface area contributed by atoms with Gasteiger partial charge in [0.15, 0.2) is 0 Å². The Balaban J connectivity index is 2.26. The molecule has 0 radical (unpaired) electrons. The molecule has 0 saturated heterocycles. The Morgan fingerprint density at radius 3 is 2.88 bits per heavy atom. The molecule has 0 unspecified atom stereocenters. The van der Waals surface area contributed by atoms with E-state index in [1.54, 1.807) is 6.07 Å². The van der Waals surface area contributed by atoms with Crippen molar-refractivity contribution in [2.45, 2.75) is 12.8 Å². The highest BCUT2D eigenvalue weighted by molar-refractivity contribution is 6.45. The molecule has 3 nitrogen and oxygen atoms in total. The maximum atomic E-state index is 11.0. The molecular weight excluding hydrogens is 261 g/mol. The highest BCUT2D eigenvalue weighted by Gasteiger charge is 2.09. The van der Waals surface area contributed by atoms with E-state index >= 15 is 0 Å². The van der Waals surface area contributed by atoms with E-state index in [0.717, 1.165) is 16.6 Å². The lowest BCUT2D eigenvalue weighted by molar-refractivity contribution is -0.140. The zero-order valence-electron chi connectivity index (χ0n) is 9.22. The zero-order valence-corrected chi connectivity index (χ0v) is 10.7. The van der Waals surface area contributed by atoms with Gasteiger partial charge < -0.3 is 9.72 Å². The Labute approximate surface area is 109 Å². The number of carbonyl (C=O) groups excluding carboxylic acids is 1. The molecule has 0 spiro atoms. The van der Waals surface area contributed by atoms with Crippen LogP contribution in [0.1, 0.15) is 12.1 Å². The van der Waals surface area contributed by atoms with Gasteiger partial charge in [0.1, 0.15) is 0 Å². The van der Waals surface area contributed by atoms with Crippen molar-refractivity contribution >= 4 is 40.1 Å². The number of hydrogen-bond donors (Lipinski definition) is 1. The summed E-state index contributed by atoms with van der Waals surface area (Å²) in [6, 6.07) is 5.52. The summed E-state index contributed by atoms with van der Waals surface area (Å²) in [7, 11) is 1.38. The van der Waals surface area contributed by atoms with Gasteiger partial charge in [-0.2, -0.15) is 0 Å². The third-order valence-corrected chi connectivity index (χ3v) is 3.39. The number of ether oxygens (including phenoxy) is 1. The fourth-order valence-corrected chi connectivity index (χ4v) is 2.06. The van der Waals surface area contributed by atoms with Gasteiger partial charge >= 0.3 is 5.97 Å². The number of fused-ring (bicyclic) bond motifs is 1. The summed E-state index contributed by atoms with van der Waals surface area (Å²) in [5.41, 5.74) is 1.86. The number of aryl methyl sites for hydroxylation is 1. The van der Waals surface area contributed by atoms with Gasteiger partial charge in [0.05, 0.1) is 23.6 Å². The number of benzene rings is 1. The van der Waals surface area contributed by atoms with Crippen LogP contribution in [-0.2, 0) is 16.0 Å². The molecule has 1 aromatic heterocycles. The SMILES string of the molecule is COC(=O)CCc1cc2c(Cl)c(Cl)ccc2[nH]1. The summed E-state index contributed by atoms with van der Waals surface area (Å²) in [5, 5.41) is 1.93. The van der Waals surface area contributed by atoms with E-state index in [1.807, 2.05) is 12.1 Å². The number of methoxy groups -OCH3 is 1. The van der Waals surface area contributed by atoms with Crippen LogP contribution in [0, 0.1) is 0 Å². The molecular formula is C12H11Cl2NO2. The van der Waals surface area contributed by atoms with Gasteiger partial charge in [0, 0.05) is 16.6 Å². The number of aromatic nitrogens is 1. The van der Waals surface area contributed by atoms with Crippen molar-refractivity contribution in [1.82, 2.24) is 4.98 Å². The number of carbonyl (C=O) groups is 1. The lowest BCUT2D eigenvalue weighted by Gasteiger charge is -1.96. The van der Waals surface area contributed by atoms with Gasteiger partial charge in [0.2, 0.25) is 0 Å². The van der Waals surface area contributed by atoms with Crippen molar-refractivity contribution in [2.24, 2.45) is 0 Å². The molecule has 1 N–H and O–H groups in total. The lowest BCUT2D eigenvalue weighted by atomic mass is 10.2. The first-order valence-electron chi connectivity index (χ1n) is 5.14. The number of esters is 1. The van der Waals surface area contributed by atoms with Gasteiger partial charge in [-0.1, -0.05) is 23.2 Å². The quantitative estimate of drug-likeness (QED) is 0.868. The summed E-state index contributed by atoms with van der Waals surface area (Å²) >= 11 is 12.0. The van der Waals surface area contributed by atoms with Gasteiger partial charge in [-0.15, -0.1) is 0 Å². The molecule has 1 aromatic carbocycles. The molecule has 0 atom stereocenters. The van der Waals surface area contributed by atoms with Gasteiger partial charge in [-0.3, -0.25) is 4.79 Å². The van der Waals surface area contributed by atoms with Crippen LogP contribution in [0.4, 0.5) is 0 Å². The Morgan fingerprint density at radius 2 is 2.18 bits per heavy atom. The third-order valence-electron chi connectivity index (χ3n) is 2.57. The van der Waals surface area contributed by atoms with Crippen molar-refractivity contribution in [3.8, 4) is 0 Å². The van der Waals surface area contributed by atoms with Crippen LogP contribution in [0.25, 0.3) is 10.9 Å². The summed E-state index contributed by atoms with van der Waals surface area (Å²) < 4.78 is 4.59. The molecule has 2 rings (SSSR count). The second-order valence-corrected chi connectivity index (χ2v) is 4.48. The van der Waals surface area contributed by atoms with E-state index in [0.29, 0.717) is 22.9 Å². The van der Waals surface area contributed by atoms with E-state index in [-0.39, 0.29) is 5.97 Å². The Hall–Kier alpha value is -1.19. The van der Waals surface area contributed by atoms with Crippen LogP contribution in [0.15, 0.2) is 18.2 Å². The van der Waals surface area contributed by atoms with Crippen LogP contribution in [0.5, 0.6) is 0 Å². The predicted molar refractivity (Wildman–Crippen MR) is 68.7 cm³/mol. The first-order chi connectivity index (χ1) is 8.11. The normalized spacial score (nSPS) is 10.8. The second kappa shape index (κ2) is 4.98. The highest BCUT2D eigenvalue weighted by Crippen LogP contribution is 2.31. The van der Waals surface area contributed by atoms with Crippen LogP contribution in [-0.4, -0.2) is 18.1 Å². The minimum absolute atomic E-state index is 0.229. The van der Waals surface area contributed by atoms with Gasteiger partial charge in [0.25, 0.3) is 0 Å². The summed E-state index contributed by atoms with van der Waals surface area (Å²) in [6.45, 7) is 0. The fraction of sp³-hybridized carbons (Fsp3) is 0.250. The van der Waals surface area contributed by atoms with Crippen LogP contribution in [0.2, 0.25) is 10.0 Å². The summed E-state index contributed by atoms with van der Waals surface area (Å²) in [6.07, 6.45) is 0.934. The topological polar surface area (TPSA) is 42.1 Å². The zero-order chi connectivity index (χ0) is 12.4. The summed E-state index contributed by atoms with van der Waals surface area (Å²) in [4.78, 5) is 14.2. The summed E-state index contributed by atoms with van der Waals surface area (Å²) in [5.74, 6) is -0.229. The van der Waals surface area contributed by atoms with Crippen molar-refractivity contribution in [3.05, 3.63) is 33.9 Å². The molecule has 0 aliphatic carbocycles. The highest BCUT2D eigenvalue weighted by atomic mass is 35.5. The second-order valence-electron chi connectivity index (χ2n) is 3.69. The third kappa shape index (κ3) is 2.56. The maximum Gasteiger partial charge on any atom is 0.305 e. The average Bonchev–Trinajstić information content (AvgIpc) is 2.75. The van der Waals surface area contributed by atoms with Crippen LogP contribution >= 0.6 is 23.2 Å². The minimum Gasteiger partial charge on any atom is -0.469 e. The molecule has 5 heteroatoms. The van der Waals surface area contributed by atoms with Crippen LogP contribution < -0.4 is 0 Å². The molecule has 0 saturated carbocycles. The van der Waals surface area contributed by atoms with E-state index in [2.05, 4.69) is 9.72 Å². The van der Waals surface area contributed by atoms with Crippen molar-refractivity contribution in [2.75, 3.05) is 7.11 Å². The Morgan fingerprint density at radius 1 is 1.41 bits per heavy atom. The fourth-order valence-electron chi connectivity index (χ4n) is 1.67. The predicted octanol–water partition coefficient (Wildman–Crippen LogP) is 3.58. The van der Waals surface area contributed by atoms with Crippen molar-refractivity contribution < 1.29 is 9.53 Å². The lowest BCUT2D eigenvalue weighted by Crippen LogP contribution is -2.01. The smallest absolute Gasteiger partial charge is 0.305 e. The van der Waals surface area contributed by atoms with E-state index < -0.39 is 0 Å². The Kier molecular flexibility index (Phi) is 3.60. The van der Waals surface area contributed by atoms with E-state index in [9.17, 15) is 4.79 Å². The molecule has 17 heavy (non-hydrogen) atoms. The molecule has 0 aliphatic rings. The van der Waals surface area contributed by atoms with Crippen LogP contribution in [0.3, 0.4) is 0 Å². The van der Waals surface area contributed by atoms with Crippen molar-refractivity contribution in [1.29, 1.82) is 0 Å². The molecule has 0 aliphatic heterocycles. The van der Waals surface area contributed by atoms with Gasteiger partial charge in [-0.25, -0.2) is 0 Å². The average molecular weight is 272 g/mol. The van der Waals surface area contributed by atoms with E-state index in [1.165, 1.54) is 7.11 Å². The molecule has 2 aromatic rings.